The van der Waals surface area contributed by atoms with Crippen molar-refractivity contribution in [2.24, 2.45) is 11.8 Å². The molecular weight excluding hydrogens is 371 g/mol. The summed E-state index contributed by atoms with van der Waals surface area (Å²) in [6.45, 7) is 3.16. The Bertz CT molecular complexity index is 803. The topological polar surface area (TPSA) is 130 Å². The highest BCUT2D eigenvalue weighted by Gasteiger charge is 2.38. The van der Waals surface area contributed by atoms with Crippen LogP contribution >= 0.6 is 0 Å². The second-order valence-electron chi connectivity index (χ2n) is 6.95. The molecule has 1 heterocycles. The molecule has 0 fully saturated rings. The number of benzene rings is 1. The Balaban J connectivity index is 2.30. The number of carbonyl (C=O) groups excluding carboxylic acids is 2. The molecule has 9 heteroatoms. The number of hydrogen-bond donors (Lipinski definition) is 5. The fourth-order valence-corrected chi connectivity index (χ4v) is 3.00. The van der Waals surface area contributed by atoms with Crippen molar-refractivity contribution in [2.45, 2.75) is 26.4 Å². The number of nitrogens with zero attached hydrogens (tertiary/aromatic N) is 1. The monoisotopic (exact) mass is 394 g/mol. The van der Waals surface area contributed by atoms with E-state index < -0.39 is 42.1 Å². The van der Waals surface area contributed by atoms with Crippen LogP contribution in [0.25, 0.3) is 5.57 Å². The number of amides is 2. The Morgan fingerprint density at radius 1 is 1.21 bits per heavy atom. The summed E-state index contributed by atoms with van der Waals surface area (Å²) in [7, 11) is 0. The number of halogens is 1. The molecule has 1 aromatic carbocycles. The Morgan fingerprint density at radius 3 is 2.36 bits per heavy atom. The molecule has 0 saturated carbocycles. The van der Waals surface area contributed by atoms with E-state index in [2.05, 4.69) is 0 Å². The zero-order chi connectivity index (χ0) is 21.0. The molecule has 0 saturated heterocycles. The minimum absolute atomic E-state index is 0.0788. The van der Waals surface area contributed by atoms with E-state index in [1.807, 2.05) is 0 Å². The number of hydrogen-bond acceptors (Lipinski definition) is 6. The van der Waals surface area contributed by atoms with Crippen LogP contribution in [0.2, 0.25) is 0 Å². The minimum atomic E-state index is -1.84. The number of aliphatic hydroxyl groups is 3. The first-order chi connectivity index (χ1) is 13.1. The molecule has 0 spiro atoms. The highest BCUT2D eigenvalue weighted by molar-refractivity contribution is 5.90. The molecule has 1 aliphatic heterocycles. The number of hydroxylamine groups is 1. The smallest absolute Gasteiger partial charge is 0.272 e. The van der Waals surface area contributed by atoms with E-state index in [1.54, 1.807) is 13.8 Å². The van der Waals surface area contributed by atoms with Crippen LogP contribution in [-0.4, -0.2) is 49.9 Å². The third-order valence-corrected chi connectivity index (χ3v) is 4.39. The summed E-state index contributed by atoms with van der Waals surface area (Å²) >= 11 is 0. The lowest BCUT2D eigenvalue weighted by Crippen LogP contribution is -2.48. The Labute approximate surface area is 161 Å². The van der Waals surface area contributed by atoms with Gasteiger partial charge < -0.3 is 15.3 Å². The number of aliphatic hydroxyl groups excluding tert-OH is 3. The predicted molar refractivity (Wildman–Crippen MR) is 97.3 cm³/mol. The number of allylic oxidation sites excluding steroid dienone is 2. The molecule has 2 amide bonds. The second kappa shape index (κ2) is 8.85. The van der Waals surface area contributed by atoms with E-state index >= 15 is 0 Å². The van der Waals surface area contributed by atoms with E-state index in [-0.39, 0.29) is 23.7 Å². The number of rotatable bonds is 6. The van der Waals surface area contributed by atoms with Crippen molar-refractivity contribution in [1.82, 2.24) is 10.4 Å². The van der Waals surface area contributed by atoms with Crippen LogP contribution in [0.1, 0.15) is 25.8 Å². The van der Waals surface area contributed by atoms with Crippen LogP contribution in [0.3, 0.4) is 0 Å². The molecule has 0 aliphatic carbocycles. The molecule has 152 valence electrons. The van der Waals surface area contributed by atoms with Gasteiger partial charge in [0.1, 0.15) is 17.7 Å². The summed E-state index contributed by atoms with van der Waals surface area (Å²) in [6.07, 6.45) is -0.584. The maximum Gasteiger partial charge on any atom is 0.272 e. The van der Waals surface area contributed by atoms with Crippen LogP contribution < -0.4 is 5.48 Å². The Kier molecular flexibility index (Phi) is 6.76. The van der Waals surface area contributed by atoms with Crippen LogP contribution in [-0.2, 0) is 9.59 Å². The van der Waals surface area contributed by atoms with E-state index in [0.717, 1.165) is 11.0 Å². The van der Waals surface area contributed by atoms with Crippen molar-refractivity contribution >= 4 is 17.4 Å². The first-order valence-corrected chi connectivity index (χ1v) is 8.67. The molecule has 28 heavy (non-hydrogen) atoms. The molecule has 2 rings (SSSR count). The second-order valence-corrected chi connectivity index (χ2v) is 6.95. The highest BCUT2D eigenvalue weighted by Crippen LogP contribution is 2.29. The van der Waals surface area contributed by atoms with E-state index in [4.69, 9.17) is 5.21 Å². The van der Waals surface area contributed by atoms with E-state index in [9.17, 15) is 29.3 Å². The van der Waals surface area contributed by atoms with Gasteiger partial charge in [-0.1, -0.05) is 26.0 Å². The van der Waals surface area contributed by atoms with Crippen molar-refractivity contribution in [3.63, 3.8) is 0 Å². The van der Waals surface area contributed by atoms with Crippen molar-refractivity contribution in [3.8, 4) is 0 Å². The first kappa shape index (κ1) is 21.4. The lowest BCUT2D eigenvalue weighted by Gasteiger charge is -2.31. The van der Waals surface area contributed by atoms with Crippen molar-refractivity contribution < 1.29 is 34.5 Å². The minimum Gasteiger partial charge on any atom is -0.510 e. The number of nitrogens with one attached hydrogen (secondary N) is 1. The highest BCUT2D eigenvalue weighted by atomic mass is 19.1. The van der Waals surface area contributed by atoms with Gasteiger partial charge >= 0.3 is 0 Å². The van der Waals surface area contributed by atoms with Crippen molar-refractivity contribution in [2.75, 3.05) is 6.54 Å². The molecule has 0 aromatic heterocycles. The average molecular weight is 394 g/mol. The SMILES string of the molecule is CC(C)C[C@H](C(=O)N1CC(O)=C(c2ccc(F)cc2)C=C1O)[C@@H](O)C(=O)NO. The average Bonchev–Trinajstić information content (AvgIpc) is 2.66. The molecule has 1 aliphatic rings. The summed E-state index contributed by atoms with van der Waals surface area (Å²) in [6, 6.07) is 5.22. The summed E-state index contributed by atoms with van der Waals surface area (Å²) in [4.78, 5) is 25.3. The largest absolute Gasteiger partial charge is 0.510 e. The summed E-state index contributed by atoms with van der Waals surface area (Å²) in [5, 5.41) is 39.5. The Morgan fingerprint density at radius 2 is 1.82 bits per heavy atom. The van der Waals surface area contributed by atoms with E-state index in [1.165, 1.54) is 29.7 Å². The molecule has 0 unspecified atom stereocenters. The summed E-state index contributed by atoms with van der Waals surface area (Å²) in [5.74, 6) is -4.46. The zero-order valence-corrected chi connectivity index (χ0v) is 15.5. The maximum absolute atomic E-state index is 13.1. The number of carbonyl (C=O) groups is 2. The summed E-state index contributed by atoms with van der Waals surface area (Å²) in [5.41, 5.74) is 1.96. The molecule has 0 bridgehead atoms. The normalized spacial score (nSPS) is 16.6. The van der Waals surface area contributed by atoms with Gasteiger partial charge in [-0.2, -0.15) is 0 Å². The van der Waals surface area contributed by atoms with Gasteiger partial charge in [0.15, 0.2) is 5.88 Å². The standard InChI is InChI=1S/C19H23FN2O6/c1-10(2)7-14(17(25)18(26)21-28)19(27)22-9-15(23)13(8-16(22)24)11-3-5-12(20)6-4-11/h3-6,8,10,14,17,23-25,28H,7,9H2,1-2H3,(H,21,26)/t14-,17+/m0/s1. The van der Waals surface area contributed by atoms with Gasteiger partial charge in [0.2, 0.25) is 5.91 Å². The quantitative estimate of drug-likeness (QED) is 0.370. The van der Waals surface area contributed by atoms with Crippen LogP contribution in [0.4, 0.5) is 4.39 Å². The lowest BCUT2D eigenvalue weighted by atomic mass is 9.89. The molecule has 5 N–H and O–H groups in total. The van der Waals surface area contributed by atoms with Crippen molar-refractivity contribution in [3.05, 3.63) is 53.4 Å². The third-order valence-electron chi connectivity index (χ3n) is 4.39. The van der Waals surface area contributed by atoms with Crippen LogP contribution in [0, 0.1) is 17.7 Å². The van der Waals surface area contributed by atoms with E-state index in [0.29, 0.717) is 5.56 Å². The maximum atomic E-state index is 13.1. The van der Waals surface area contributed by atoms with Gasteiger partial charge in [-0.05, 0) is 30.0 Å². The molecular formula is C19H23FN2O6. The first-order valence-electron chi connectivity index (χ1n) is 8.67. The fraction of sp³-hybridized carbons (Fsp3) is 0.368. The van der Waals surface area contributed by atoms with Crippen LogP contribution in [0.5, 0.6) is 0 Å². The zero-order valence-electron chi connectivity index (χ0n) is 15.5. The van der Waals surface area contributed by atoms with Gasteiger partial charge in [-0.15, -0.1) is 0 Å². The van der Waals surface area contributed by atoms with Gasteiger partial charge in [-0.25, -0.2) is 9.87 Å². The van der Waals surface area contributed by atoms with Gasteiger partial charge in [0.05, 0.1) is 12.5 Å². The predicted octanol–water partition coefficient (Wildman–Crippen LogP) is 1.87. The lowest BCUT2D eigenvalue weighted by molar-refractivity contribution is -0.151. The molecule has 1 aromatic rings. The Hall–Kier alpha value is -2.91. The molecule has 8 nitrogen and oxygen atoms in total. The third kappa shape index (κ3) is 4.68. The van der Waals surface area contributed by atoms with Gasteiger partial charge in [0, 0.05) is 11.6 Å². The van der Waals surface area contributed by atoms with Gasteiger partial charge in [-0.3, -0.25) is 19.7 Å². The van der Waals surface area contributed by atoms with Crippen molar-refractivity contribution in [1.29, 1.82) is 0 Å². The molecule has 0 radical (unpaired) electrons. The molecule has 2 atom stereocenters. The fourth-order valence-electron chi connectivity index (χ4n) is 3.00. The van der Waals surface area contributed by atoms with Gasteiger partial charge in [0.25, 0.3) is 5.91 Å². The summed E-state index contributed by atoms with van der Waals surface area (Å²) < 4.78 is 13.1. The van der Waals surface area contributed by atoms with Crippen LogP contribution in [0.15, 0.2) is 42.0 Å².